The first-order valence-corrected chi connectivity index (χ1v) is 18.6. The first-order valence-electron chi connectivity index (χ1n) is 18.6. The number of hydrogen-bond donors (Lipinski definition) is 1. The zero-order valence-electron chi connectivity index (χ0n) is 32.7. The average molecular weight is 865 g/mol. The molecule has 0 aliphatic heterocycles. The molecule has 1 N–H and O–H groups in total. The Morgan fingerprint density at radius 1 is 0.902 bits per heavy atom. The van der Waals surface area contributed by atoms with Crippen LogP contribution in [0.2, 0.25) is 0 Å². The molecule has 4 nitrogen and oxygen atoms in total. The molecular formula is C46H58IrNO3-. The van der Waals surface area contributed by atoms with E-state index in [-0.39, 0.29) is 48.9 Å². The minimum absolute atomic E-state index is 0. The molecule has 0 amide bonds. The summed E-state index contributed by atoms with van der Waals surface area (Å²) in [5.74, 6) is 2.10. The molecule has 0 unspecified atom stereocenters. The molecule has 2 heterocycles. The number of fused-ring (bicyclic) bond motifs is 2. The third kappa shape index (κ3) is 10.1. The topological polar surface area (TPSA) is 63.3 Å². The Labute approximate surface area is 320 Å². The Morgan fingerprint density at radius 3 is 2.08 bits per heavy atom. The summed E-state index contributed by atoms with van der Waals surface area (Å²) in [4.78, 5) is 16.7. The number of aliphatic hydroxyl groups excluding tert-OH is 1. The van der Waals surface area contributed by atoms with Gasteiger partial charge in [-0.15, -0.1) is 29.1 Å². The van der Waals surface area contributed by atoms with Crippen molar-refractivity contribution in [2.24, 2.45) is 17.8 Å². The van der Waals surface area contributed by atoms with Crippen molar-refractivity contribution in [3.63, 3.8) is 0 Å². The fourth-order valence-corrected chi connectivity index (χ4v) is 6.78. The molecule has 0 saturated heterocycles. The molecule has 0 bridgehead atoms. The molecule has 0 aliphatic rings. The van der Waals surface area contributed by atoms with E-state index in [4.69, 9.17) is 9.40 Å². The van der Waals surface area contributed by atoms with Gasteiger partial charge in [-0.2, -0.15) is 0 Å². The van der Waals surface area contributed by atoms with E-state index in [0.29, 0.717) is 11.6 Å². The molecule has 0 aliphatic carbocycles. The van der Waals surface area contributed by atoms with Crippen LogP contribution in [0.1, 0.15) is 110 Å². The molecule has 5 aromatic rings. The summed E-state index contributed by atoms with van der Waals surface area (Å²) in [7, 11) is 0. The second-order valence-corrected chi connectivity index (χ2v) is 15.2. The van der Waals surface area contributed by atoms with Crippen LogP contribution < -0.4 is 0 Å². The maximum Gasteiger partial charge on any atom is 0.220 e. The van der Waals surface area contributed by atoms with Crippen molar-refractivity contribution in [3.8, 4) is 22.4 Å². The summed E-state index contributed by atoms with van der Waals surface area (Å²) in [6.45, 7) is 23.5. The third-order valence-electron chi connectivity index (χ3n) is 9.99. The molecule has 1 radical (unpaired) electrons. The van der Waals surface area contributed by atoms with Gasteiger partial charge in [0.05, 0.1) is 5.76 Å². The number of furan rings is 1. The van der Waals surface area contributed by atoms with E-state index in [1.54, 1.807) is 0 Å². The fraction of sp³-hybridized carbons (Fsp3) is 0.435. The third-order valence-corrected chi connectivity index (χ3v) is 9.99. The maximum absolute atomic E-state index is 11.7. The number of ketones is 1. The van der Waals surface area contributed by atoms with Crippen molar-refractivity contribution < 1.29 is 34.4 Å². The molecule has 275 valence electrons. The van der Waals surface area contributed by atoms with Crippen LogP contribution in [0.25, 0.3) is 44.3 Å². The van der Waals surface area contributed by atoms with E-state index >= 15 is 0 Å². The van der Waals surface area contributed by atoms with Crippen molar-refractivity contribution in [2.45, 2.75) is 114 Å². The van der Waals surface area contributed by atoms with Gasteiger partial charge in [-0.1, -0.05) is 122 Å². The van der Waals surface area contributed by atoms with Crippen LogP contribution in [0.5, 0.6) is 0 Å². The Kier molecular flexibility index (Phi) is 15.0. The van der Waals surface area contributed by atoms with Crippen LogP contribution in [0, 0.1) is 37.7 Å². The number of rotatable bonds is 11. The summed E-state index contributed by atoms with van der Waals surface area (Å²) in [6, 6.07) is 25.6. The van der Waals surface area contributed by atoms with Gasteiger partial charge < -0.3 is 9.52 Å². The fourth-order valence-electron chi connectivity index (χ4n) is 6.78. The smallest absolute Gasteiger partial charge is 0.220 e. The Balaban J connectivity index is 0.000000374. The molecule has 0 saturated carbocycles. The number of aryl methyl sites for hydroxylation is 2. The Morgan fingerprint density at radius 2 is 1.51 bits per heavy atom. The van der Waals surface area contributed by atoms with Gasteiger partial charge in [0.1, 0.15) is 5.76 Å². The van der Waals surface area contributed by atoms with Gasteiger partial charge in [0.25, 0.3) is 0 Å². The van der Waals surface area contributed by atoms with E-state index in [2.05, 4.69) is 108 Å². The van der Waals surface area contributed by atoms with E-state index in [1.807, 2.05) is 34.6 Å². The minimum Gasteiger partial charge on any atom is -0.512 e. The van der Waals surface area contributed by atoms with Gasteiger partial charge in [-0.05, 0) is 74.0 Å². The molecule has 5 heteroatoms. The number of benzene rings is 3. The number of aliphatic hydroxyl groups is 1. The number of aromatic nitrogens is 1. The minimum atomic E-state index is 0. The van der Waals surface area contributed by atoms with Gasteiger partial charge in [0.15, 0.2) is 5.78 Å². The summed E-state index contributed by atoms with van der Waals surface area (Å²) in [6.07, 6.45) is 5.99. The summed E-state index contributed by atoms with van der Waals surface area (Å²) >= 11 is 0. The predicted molar refractivity (Wildman–Crippen MR) is 212 cm³/mol. The predicted octanol–water partition coefficient (Wildman–Crippen LogP) is 13.1. The number of pyridine rings is 1. The largest absolute Gasteiger partial charge is 0.512 e. The van der Waals surface area contributed by atoms with Crippen molar-refractivity contribution in [3.05, 3.63) is 101 Å². The molecule has 3 aromatic carbocycles. The van der Waals surface area contributed by atoms with E-state index in [1.165, 1.54) is 28.2 Å². The van der Waals surface area contributed by atoms with Gasteiger partial charge >= 0.3 is 0 Å². The normalized spacial score (nSPS) is 12.1. The second-order valence-electron chi connectivity index (χ2n) is 15.2. The van der Waals surface area contributed by atoms with E-state index in [0.717, 1.165) is 71.0 Å². The van der Waals surface area contributed by atoms with Gasteiger partial charge in [0, 0.05) is 54.7 Å². The molecule has 0 atom stereocenters. The molecule has 51 heavy (non-hydrogen) atoms. The molecule has 5 rings (SSSR count). The van der Waals surface area contributed by atoms with E-state index < -0.39 is 0 Å². The molecular weight excluding hydrogens is 807 g/mol. The molecule has 2 aromatic heterocycles. The van der Waals surface area contributed by atoms with Crippen molar-refractivity contribution in [2.75, 3.05) is 0 Å². The Bertz CT molecular complexity index is 1930. The zero-order valence-corrected chi connectivity index (χ0v) is 35.1. The first-order chi connectivity index (χ1) is 23.7. The monoisotopic (exact) mass is 865 g/mol. The molecule has 0 spiro atoms. The quantitative estimate of drug-likeness (QED) is 0.0816. The van der Waals surface area contributed by atoms with Crippen molar-refractivity contribution in [1.82, 2.24) is 4.98 Å². The second kappa shape index (κ2) is 18.3. The number of carbonyl (C=O) groups excluding carboxylic acids is 1. The SMILES string of the molecule is CCC(CC)C(=O)/C=C(\O)C(CC)CC.Cc1oc2nc(-c3[c-]c4ccccc4c(C(C)(C)C)c3)cc(-c3ccc(CC(C)C)cc3)c2c1C.[Ir]. The average Bonchev–Trinajstić information content (AvgIpc) is 3.37. The maximum atomic E-state index is 11.7. The van der Waals surface area contributed by atoms with Crippen LogP contribution >= 0.6 is 0 Å². The summed E-state index contributed by atoms with van der Waals surface area (Å²) < 4.78 is 6.16. The number of nitrogens with zero attached hydrogens (tertiary/aromatic N) is 1. The molecule has 0 fully saturated rings. The van der Waals surface area contributed by atoms with Crippen LogP contribution in [-0.4, -0.2) is 15.9 Å². The zero-order chi connectivity index (χ0) is 36.7. The number of allylic oxidation sites excluding steroid dienone is 2. The van der Waals surface area contributed by atoms with Crippen molar-refractivity contribution in [1.29, 1.82) is 0 Å². The van der Waals surface area contributed by atoms with Gasteiger partial charge in [-0.3, -0.25) is 9.78 Å². The van der Waals surface area contributed by atoms with Crippen LogP contribution in [0.4, 0.5) is 0 Å². The number of carbonyl (C=O) groups is 1. The summed E-state index contributed by atoms with van der Waals surface area (Å²) in [5, 5.41) is 13.2. The summed E-state index contributed by atoms with van der Waals surface area (Å²) in [5.41, 5.74) is 8.75. The Hall–Kier alpha value is -3.53. The standard InChI is InChI=1S/C33H34NO.C13H24O2.Ir/c1-20(2)16-23-12-14-24(15-13-23)28-19-30(34-32-31(28)21(3)22(4)35-32)26-17-25-10-8-9-11-27(25)29(18-26)33(5,6)7;1-5-10(6-2)12(14)9-13(15)11(7-3)8-4;/h8-15,18-20H,16H2,1-7H3;9-11,14H,5-8H2,1-4H3;/q-1;;/b;12-9-;. The van der Waals surface area contributed by atoms with Gasteiger partial charge in [0.2, 0.25) is 5.71 Å². The first kappa shape index (κ1) is 41.9. The van der Waals surface area contributed by atoms with Crippen LogP contribution in [0.3, 0.4) is 0 Å². The van der Waals surface area contributed by atoms with Crippen LogP contribution in [0.15, 0.2) is 76.9 Å². The van der Waals surface area contributed by atoms with Crippen molar-refractivity contribution >= 4 is 27.7 Å². The number of hydrogen-bond acceptors (Lipinski definition) is 4. The van der Waals surface area contributed by atoms with E-state index in [9.17, 15) is 9.90 Å². The van der Waals surface area contributed by atoms with Gasteiger partial charge in [-0.25, -0.2) is 0 Å². The van der Waals surface area contributed by atoms with Crippen LogP contribution in [-0.2, 0) is 36.7 Å².